The Morgan fingerprint density at radius 2 is 1.97 bits per heavy atom. The van der Waals surface area contributed by atoms with Crippen LogP contribution in [-0.2, 0) is 20.7 Å². The number of hydrogen-bond donors (Lipinski definition) is 1. The van der Waals surface area contributed by atoms with E-state index < -0.39 is 17.7 Å². The smallest absolute Gasteiger partial charge is 0.295 e. The third-order valence-corrected chi connectivity index (χ3v) is 6.64. The third kappa shape index (κ3) is 4.05. The summed E-state index contributed by atoms with van der Waals surface area (Å²) in [5.74, 6) is 0.0176. The van der Waals surface area contributed by atoms with Gasteiger partial charge in [-0.2, -0.15) is 0 Å². The Balaban J connectivity index is 1.57. The fourth-order valence-corrected chi connectivity index (χ4v) is 5.06. The number of amides is 1. The highest BCUT2D eigenvalue weighted by Crippen LogP contribution is 2.41. The van der Waals surface area contributed by atoms with Crippen LogP contribution in [-0.4, -0.2) is 53.7 Å². The molecule has 3 atom stereocenters. The van der Waals surface area contributed by atoms with Crippen molar-refractivity contribution in [3.05, 3.63) is 64.7 Å². The van der Waals surface area contributed by atoms with Crippen LogP contribution in [0.3, 0.4) is 0 Å². The molecule has 2 aromatic rings. The van der Waals surface area contributed by atoms with Gasteiger partial charge in [0.15, 0.2) is 0 Å². The number of aliphatic hydroxyl groups excluding tert-OH is 1. The molecule has 7 nitrogen and oxygen atoms in total. The first-order chi connectivity index (χ1) is 16.5. The topological polar surface area (TPSA) is 85.3 Å². The zero-order valence-electron chi connectivity index (χ0n) is 19.5. The van der Waals surface area contributed by atoms with E-state index in [1.54, 1.807) is 6.07 Å². The molecular formula is C27H29NO6. The van der Waals surface area contributed by atoms with Gasteiger partial charge in [-0.15, -0.1) is 0 Å². The molecule has 2 fully saturated rings. The summed E-state index contributed by atoms with van der Waals surface area (Å²) in [5.41, 5.74) is 2.31. The molecule has 178 valence electrons. The highest BCUT2D eigenvalue weighted by atomic mass is 16.5. The Kier molecular flexibility index (Phi) is 6.04. The van der Waals surface area contributed by atoms with Crippen molar-refractivity contribution in [3.8, 4) is 11.5 Å². The zero-order chi connectivity index (χ0) is 23.8. The van der Waals surface area contributed by atoms with Gasteiger partial charge in [-0.3, -0.25) is 9.59 Å². The molecule has 1 amide bonds. The molecule has 0 saturated carbocycles. The summed E-state index contributed by atoms with van der Waals surface area (Å²) in [7, 11) is 0. The summed E-state index contributed by atoms with van der Waals surface area (Å²) in [6, 6.07) is 12.0. The summed E-state index contributed by atoms with van der Waals surface area (Å²) in [6.07, 6.45) is 2.43. The number of carbonyl (C=O) groups excluding carboxylic acids is 2. The highest BCUT2D eigenvalue weighted by Gasteiger charge is 2.47. The minimum absolute atomic E-state index is 0.0632. The zero-order valence-corrected chi connectivity index (χ0v) is 19.5. The van der Waals surface area contributed by atoms with Crippen molar-refractivity contribution in [2.75, 3.05) is 19.8 Å². The highest BCUT2D eigenvalue weighted by molar-refractivity contribution is 6.46. The van der Waals surface area contributed by atoms with Crippen molar-refractivity contribution in [2.24, 2.45) is 0 Å². The van der Waals surface area contributed by atoms with Crippen molar-refractivity contribution >= 4 is 17.4 Å². The summed E-state index contributed by atoms with van der Waals surface area (Å²) >= 11 is 0. The van der Waals surface area contributed by atoms with Crippen LogP contribution in [0.4, 0.5) is 0 Å². The Bertz CT molecular complexity index is 1130. The normalized spacial score (nSPS) is 25.5. The average Bonchev–Trinajstić information content (AvgIpc) is 3.53. The first kappa shape index (κ1) is 22.5. The van der Waals surface area contributed by atoms with Gasteiger partial charge in [-0.25, -0.2) is 0 Å². The molecule has 2 aromatic carbocycles. The molecule has 5 rings (SSSR count). The lowest BCUT2D eigenvalue weighted by Gasteiger charge is -2.27. The molecule has 3 heterocycles. The van der Waals surface area contributed by atoms with E-state index in [1.807, 2.05) is 50.2 Å². The van der Waals surface area contributed by atoms with Crippen molar-refractivity contribution in [3.63, 3.8) is 0 Å². The summed E-state index contributed by atoms with van der Waals surface area (Å²) in [6.45, 7) is 5.39. The summed E-state index contributed by atoms with van der Waals surface area (Å²) < 4.78 is 17.1. The number of nitrogens with zero attached hydrogens (tertiary/aromatic N) is 1. The summed E-state index contributed by atoms with van der Waals surface area (Å²) in [4.78, 5) is 27.9. The number of Topliss-reactive ketones (excluding diaryl/α,β-unsaturated/α-hetero) is 1. The first-order valence-corrected chi connectivity index (χ1v) is 11.9. The van der Waals surface area contributed by atoms with Crippen molar-refractivity contribution in [1.82, 2.24) is 4.90 Å². The average molecular weight is 464 g/mol. The maximum atomic E-state index is 13.2. The van der Waals surface area contributed by atoms with Gasteiger partial charge < -0.3 is 24.2 Å². The molecule has 3 unspecified atom stereocenters. The standard InChI is InChI=1S/C27H29NO6/c1-3-32-20-9-6-17(7-10-20)24-23(26(30)27(31)28(24)15-21-5-4-12-33-21)25(29)18-8-11-22-19(14-18)13-16(2)34-22/h6-11,14,16,21,24,29H,3-5,12-13,15H2,1-2H3/b25-23+. The molecule has 0 aliphatic carbocycles. The third-order valence-electron chi connectivity index (χ3n) is 6.64. The molecule has 0 aromatic heterocycles. The minimum Gasteiger partial charge on any atom is -0.507 e. The molecule has 7 heteroatoms. The van der Waals surface area contributed by atoms with Crippen LogP contribution in [0, 0.1) is 0 Å². The number of fused-ring (bicyclic) bond motifs is 1. The van der Waals surface area contributed by atoms with E-state index in [9.17, 15) is 14.7 Å². The molecule has 0 bridgehead atoms. The SMILES string of the molecule is CCOc1ccc(C2/C(=C(\O)c3ccc4c(c3)CC(C)O4)C(=O)C(=O)N2CC2CCCO2)cc1. The van der Waals surface area contributed by atoms with Crippen LogP contribution in [0.5, 0.6) is 11.5 Å². The van der Waals surface area contributed by atoms with Gasteiger partial charge in [0, 0.05) is 25.1 Å². The number of ketones is 1. The van der Waals surface area contributed by atoms with Crippen LogP contribution in [0.15, 0.2) is 48.0 Å². The molecule has 2 saturated heterocycles. The molecule has 0 radical (unpaired) electrons. The largest absolute Gasteiger partial charge is 0.507 e. The van der Waals surface area contributed by atoms with E-state index in [4.69, 9.17) is 14.2 Å². The van der Waals surface area contributed by atoms with E-state index in [2.05, 4.69) is 0 Å². The molecule has 3 aliphatic heterocycles. The van der Waals surface area contributed by atoms with E-state index in [0.29, 0.717) is 31.1 Å². The maximum absolute atomic E-state index is 13.2. The van der Waals surface area contributed by atoms with E-state index in [-0.39, 0.29) is 23.5 Å². The van der Waals surface area contributed by atoms with Gasteiger partial charge in [-0.05, 0) is 68.1 Å². The van der Waals surface area contributed by atoms with Gasteiger partial charge in [0.25, 0.3) is 11.7 Å². The molecule has 34 heavy (non-hydrogen) atoms. The van der Waals surface area contributed by atoms with Crippen LogP contribution >= 0.6 is 0 Å². The van der Waals surface area contributed by atoms with Crippen LogP contribution in [0.2, 0.25) is 0 Å². The number of rotatable bonds is 6. The second kappa shape index (κ2) is 9.14. The number of aliphatic hydroxyl groups is 1. The van der Waals surface area contributed by atoms with Crippen LogP contribution < -0.4 is 9.47 Å². The fourth-order valence-electron chi connectivity index (χ4n) is 5.06. The monoisotopic (exact) mass is 463 g/mol. The number of hydrogen-bond acceptors (Lipinski definition) is 6. The van der Waals surface area contributed by atoms with Crippen LogP contribution in [0.1, 0.15) is 49.4 Å². The Morgan fingerprint density at radius 1 is 1.18 bits per heavy atom. The predicted molar refractivity (Wildman–Crippen MR) is 126 cm³/mol. The number of ether oxygens (including phenoxy) is 3. The fraction of sp³-hybridized carbons (Fsp3) is 0.407. The van der Waals surface area contributed by atoms with E-state index >= 15 is 0 Å². The molecule has 1 N–H and O–H groups in total. The van der Waals surface area contributed by atoms with Crippen molar-refractivity contribution in [2.45, 2.75) is 51.4 Å². The number of benzene rings is 2. The van der Waals surface area contributed by atoms with Crippen LogP contribution in [0.25, 0.3) is 5.76 Å². The molecule has 0 spiro atoms. The Morgan fingerprint density at radius 3 is 2.68 bits per heavy atom. The number of carbonyl (C=O) groups is 2. The second-order valence-corrected chi connectivity index (χ2v) is 9.04. The first-order valence-electron chi connectivity index (χ1n) is 11.9. The lowest BCUT2D eigenvalue weighted by molar-refractivity contribution is -0.140. The Labute approximate surface area is 198 Å². The second-order valence-electron chi connectivity index (χ2n) is 9.04. The molecule has 3 aliphatic rings. The van der Waals surface area contributed by atoms with Crippen molar-refractivity contribution < 1.29 is 28.9 Å². The Hall–Kier alpha value is -3.32. The van der Waals surface area contributed by atoms with Crippen molar-refractivity contribution in [1.29, 1.82) is 0 Å². The minimum atomic E-state index is -0.705. The van der Waals surface area contributed by atoms with Gasteiger partial charge in [-0.1, -0.05) is 12.1 Å². The lowest BCUT2D eigenvalue weighted by atomic mass is 9.94. The van der Waals surface area contributed by atoms with Gasteiger partial charge in [0.2, 0.25) is 0 Å². The lowest BCUT2D eigenvalue weighted by Crippen LogP contribution is -2.36. The van der Waals surface area contributed by atoms with E-state index in [0.717, 1.165) is 36.1 Å². The molecular weight excluding hydrogens is 434 g/mol. The predicted octanol–water partition coefficient (Wildman–Crippen LogP) is 4.01. The van der Waals surface area contributed by atoms with Gasteiger partial charge in [0.1, 0.15) is 23.4 Å². The maximum Gasteiger partial charge on any atom is 0.295 e. The van der Waals surface area contributed by atoms with Gasteiger partial charge >= 0.3 is 0 Å². The van der Waals surface area contributed by atoms with E-state index in [1.165, 1.54) is 4.90 Å². The van der Waals surface area contributed by atoms with Gasteiger partial charge in [0.05, 0.1) is 24.3 Å². The summed E-state index contributed by atoms with van der Waals surface area (Å²) in [5, 5.41) is 11.3. The number of likely N-dealkylation sites (tertiary alicyclic amines) is 1. The quantitative estimate of drug-likeness (QED) is 0.396.